The van der Waals surface area contributed by atoms with Gasteiger partial charge in [0, 0.05) is 18.9 Å². The van der Waals surface area contributed by atoms with Gasteiger partial charge in [-0.05, 0) is 28.2 Å². The molecule has 1 fully saturated rings. The van der Waals surface area contributed by atoms with Crippen molar-refractivity contribution >= 4 is 12.1 Å². The Morgan fingerprint density at radius 1 is 1.07 bits per heavy atom. The first-order valence-corrected chi connectivity index (χ1v) is 10.4. The standard InChI is InChI=1S/C24H27NO5/c1-15(2)13-29-16-11-22(23(26)27)25(12-16)24(28)30-14-21-19-9-5-3-7-17(19)18-8-4-6-10-20(18)21/h3-10,15-16,21-22H,11-14H2,1-2H3,(H,26,27). The van der Waals surface area contributed by atoms with E-state index in [4.69, 9.17) is 9.47 Å². The number of benzene rings is 2. The molecule has 2 aromatic carbocycles. The average Bonchev–Trinajstić information content (AvgIpc) is 3.31. The summed E-state index contributed by atoms with van der Waals surface area (Å²) in [5.74, 6) is -0.740. The van der Waals surface area contributed by atoms with E-state index in [1.807, 2.05) is 38.1 Å². The number of aliphatic carboxylic acids is 1. The van der Waals surface area contributed by atoms with E-state index >= 15 is 0 Å². The Labute approximate surface area is 176 Å². The average molecular weight is 409 g/mol. The number of amides is 1. The summed E-state index contributed by atoms with van der Waals surface area (Å²) in [6.45, 7) is 5.02. The molecule has 2 aliphatic rings. The Bertz CT molecular complexity index is 895. The van der Waals surface area contributed by atoms with Crippen LogP contribution in [0.4, 0.5) is 4.79 Å². The minimum absolute atomic E-state index is 0.0554. The van der Waals surface area contributed by atoms with Gasteiger partial charge in [0.25, 0.3) is 0 Å². The van der Waals surface area contributed by atoms with Gasteiger partial charge < -0.3 is 14.6 Å². The molecule has 0 bridgehead atoms. The second kappa shape index (κ2) is 8.48. The zero-order chi connectivity index (χ0) is 21.3. The number of ether oxygens (including phenoxy) is 2. The number of carbonyl (C=O) groups is 2. The maximum Gasteiger partial charge on any atom is 0.410 e. The highest BCUT2D eigenvalue weighted by molar-refractivity contribution is 5.81. The third kappa shape index (κ3) is 3.92. The molecule has 1 N–H and O–H groups in total. The van der Waals surface area contributed by atoms with E-state index in [2.05, 4.69) is 24.3 Å². The molecule has 0 saturated carbocycles. The largest absolute Gasteiger partial charge is 0.480 e. The monoisotopic (exact) mass is 409 g/mol. The highest BCUT2D eigenvalue weighted by atomic mass is 16.6. The van der Waals surface area contributed by atoms with Gasteiger partial charge >= 0.3 is 12.1 Å². The molecular weight excluding hydrogens is 382 g/mol. The van der Waals surface area contributed by atoms with Crippen molar-refractivity contribution in [3.8, 4) is 11.1 Å². The molecule has 6 nitrogen and oxygen atoms in total. The van der Waals surface area contributed by atoms with Crippen molar-refractivity contribution in [3.05, 3.63) is 59.7 Å². The predicted molar refractivity (Wildman–Crippen MR) is 112 cm³/mol. The van der Waals surface area contributed by atoms with Crippen LogP contribution < -0.4 is 0 Å². The molecule has 1 saturated heterocycles. The van der Waals surface area contributed by atoms with Gasteiger partial charge in [0.05, 0.1) is 12.6 Å². The summed E-state index contributed by atoms with van der Waals surface area (Å²) in [4.78, 5) is 25.8. The fraction of sp³-hybridized carbons (Fsp3) is 0.417. The molecule has 0 aromatic heterocycles. The summed E-state index contributed by atoms with van der Waals surface area (Å²) in [5, 5.41) is 9.56. The molecule has 2 unspecified atom stereocenters. The van der Waals surface area contributed by atoms with Gasteiger partial charge in [0.2, 0.25) is 0 Å². The van der Waals surface area contributed by atoms with Crippen LogP contribution in [0.1, 0.15) is 37.3 Å². The highest BCUT2D eigenvalue weighted by Crippen LogP contribution is 2.44. The lowest BCUT2D eigenvalue weighted by atomic mass is 9.98. The second-order valence-corrected chi connectivity index (χ2v) is 8.40. The highest BCUT2D eigenvalue weighted by Gasteiger charge is 2.41. The number of carboxylic acid groups (broad SMARTS) is 1. The molecule has 1 aliphatic heterocycles. The lowest BCUT2D eigenvalue weighted by molar-refractivity contribution is -0.141. The summed E-state index contributed by atoms with van der Waals surface area (Å²) in [5.41, 5.74) is 4.56. The first-order chi connectivity index (χ1) is 14.5. The molecular formula is C24H27NO5. The van der Waals surface area contributed by atoms with Gasteiger partial charge in [-0.1, -0.05) is 62.4 Å². The smallest absolute Gasteiger partial charge is 0.410 e. The van der Waals surface area contributed by atoms with Crippen LogP contribution in [0.25, 0.3) is 11.1 Å². The molecule has 2 aromatic rings. The lowest BCUT2D eigenvalue weighted by Gasteiger charge is -2.22. The third-order valence-electron chi connectivity index (χ3n) is 5.78. The van der Waals surface area contributed by atoms with Crippen LogP contribution in [0.3, 0.4) is 0 Å². The molecule has 2 atom stereocenters. The number of fused-ring (bicyclic) bond motifs is 3. The number of carbonyl (C=O) groups excluding carboxylic acids is 1. The maximum atomic E-state index is 12.8. The number of rotatable bonds is 6. The summed E-state index contributed by atoms with van der Waals surface area (Å²) in [6, 6.07) is 15.3. The number of likely N-dealkylation sites (tertiary alicyclic amines) is 1. The normalized spacial score (nSPS) is 20.3. The van der Waals surface area contributed by atoms with Crippen LogP contribution in [0.2, 0.25) is 0 Å². The van der Waals surface area contributed by atoms with Crippen LogP contribution in [0.5, 0.6) is 0 Å². The molecule has 4 rings (SSSR count). The van der Waals surface area contributed by atoms with E-state index in [1.165, 1.54) is 4.90 Å². The van der Waals surface area contributed by atoms with Crippen LogP contribution in [-0.4, -0.2) is 54.0 Å². The predicted octanol–water partition coefficient (Wildman–Crippen LogP) is 4.14. The zero-order valence-electron chi connectivity index (χ0n) is 17.3. The molecule has 6 heteroatoms. The first-order valence-electron chi connectivity index (χ1n) is 10.4. The van der Waals surface area contributed by atoms with Crippen LogP contribution in [0, 0.1) is 5.92 Å². The van der Waals surface area contributed by atoms with Crippen molar-refractivity contribution in [2.75, 3.05) is 19.8 Å². The van der Waals surface area contributed by atoms with Crippen LogP contribution in [0.15, 0.2) is 48.5 Å². The molecule has 1 heterocycles. The lowest BCUT2D eigenvalue weighted by Crippen LogP contribution is -2.41. The zero-order valence-corrected chi connectivity index (χ0v) is 17.3. The van der Waals surface area contributed by atoms with E-state index < -0.39 is 18.1 Å². The summed E-state index contributed by atoms with van der Waals surface area (Å²) in [7, 11) is 0. The first kappa shape index (κ1) is 20.4. The van der Waals surface area contributed by atoms with E-state index in [9.17, 15) is 14.7 Å². The van der Waals surface area contributed by atoms with Crippen molar-refractivity contribution in [3.63, 3.8) is 0 Å². The molecule has 0 spiro atoms. The van der Waals surface area contributed by atoms with Gasteiger partial charge in [-0.3, -0.25) is 4.90 Å². The Hall–Kier alpha value is -2.86. The molecule has 158 valence electrons. The summed E-state index contributed by atoms with van der Waals surface area (Å²) in [6.07, 6.45) is -0.597. The fourth-order valence-electron chi connectivity index (χ4n) is 4.36. The maximum absolute atomic E-state index is 12.8. The minimum atomic E-state index is -1.03. The summed E-state index contributed by atoms with van der Waals surface area (Å²) < 4.78 is 11.4. The van der Waals surface area contributed by atoms with E-state index in [0.717, 1.165) is 22.3 Å². The topological polar surface area (TPSA) is 76.1 Å². The van der Waals surface area contributed by atoms with E-state index in [0.29, 0.717) is 12.5 Å². The number of hydrogen-bond acceptors (Lipinski definition) is 4. The van der Waals surface area contributed by atoms with Crippen molar-refractivity contribution in [1.82, 2.24) is 4.90 Å². The SMILES string of the molecule is CC(C)COC1CC(C(=O)O)N(C(=O)OCC2c3ccccc3-c3ccccc32)C1. The number of hydrogen-bond donors (Lipinski definition) is 1. The molecule has 30 heavy (non-hydrogen) atoms. The van der Waals surface area contributed by atoms with Crippen LogP contribution >= 0.6 is 0 Å². The third-order valence-corrected chi connectivity index (χ3v) is 5.78. The fourth-order valence-corrected chi connectivity index (χ4v) is 4.36. The van der Waals surface area contributed by atoms with E-state index in [-0.39, 0.29) is 31.6 Å². The molecule has 1 amide bonds. The Morgan fingerprint density at radius 2 is 1.67 bits per heavy atom. The Balaban J connectivity index is 1.46. The quantitative estimate of drug-likeness (QED) is 0.776. The number of carboxylic acids is 1. The van der Waals surface area contributed by atoms with Gasteiger partial charge in [-0.2, -0.15) is 0 Å². The van der Waals surface area contributed by atoms with Crippen molar-refractivity contribution in [2.24, 2.45) is 5.92 Å². The second-order valence-electron chi connectivity index (χ2n) is 8.40. The van der Waals surface area contributed by atoms with Crippen molar-refractivity contribution < 1.29 is 24.2 Å². The van der Waals surface area contributed by atoms with Crippen LogP contribution in [-0.2, 0) is 14.3 Å². The molecule has 0 radical (unpaired) electrons. The van der Waals surface area contributed by atoms with Gasteiger partial charge in [-0.25, -0.2) is 9.59 Å². The minimum Gasteiger partial charge on any atom is -0.480 e. The summed E-state index contributed by atoms with van der Waals surface area (Å²) >= 11 is 0. The van der Waals surface area contributed by atoms with Gasteiger partial charge in [-0.15, -0.1) is 0 Å². The Kier molecular flexibility index (Phi) is 5.77. The molecule has 1 aliphatic carbocycles. The van der Waals surface area contributed by atoms with Crippen molar-refractivity contribution in [1.29, 1.82) is 0 Å². The van der Waals surface area contributed by atoms with Gasteiger partial charge in [0.1, 0.15) is 12.6 Å². The number of nitrogens with zero attached hydrogens (tertiary/aromatic N) is 1. The Morgan fingerprint density at radius 3 is 2.23 bits per heavy atom. The van der Waals surface area contributed by atoms with E-state index in [1.54, 1.807) is 0 Å². The van der Waals surface area contributed by atoms with Crippen molar-refractivity contribution in [2.45, 2.75) is 38.3 Å². The van der Waals surface area contributed by atoms with Gasteiger partial charge in [0.15, 0.2) is 0 Å².